The average molecular weight is 470 g/mol. The van der Waals surface area contributed by atoms with Crippen molar-refractivity contribution in [2.24, 2.45) is 4.99 Å². The Bertz CT molecular complexity index is 704. The molecular weight excluding hydrogens is 443 g/mol. The molecule has 0 spiro atoms. The number of hydrogen-bond acceptors (Lipinski definition) is 3. The van der Waals surface area contributed by atoms with Gasteiger partial charge in [-0.15, -0.1) is 35.7 Å². The van der Waals surface area contributed by atoms with Crippen molar-refractivity contribution >= 4 is 41.7 Å². The highest BCUT2D eigenvalue weighted by atomic mass is 127. The fourth-order valence-electron chi connectivity index (χ4n) is 2.36. The largest absolute Gasteiger partial charge is 0.357 e. The summed E-state index contributed by atoms with van der Waals surface area (Å²) in [5.41, 5.74) is 4.57. The van der Waals surface area contributed by atoms with Crippen LogP contribution in [0.3, 0.4) is 0 Å². The van der Waals surface area contributed by atoms with Gasteiger partial charge in [0.05, 0.1) is 18.8 Å². The minimum absolute atomic E-state index is 0. The van der Waals surface area contributed by atoms with E-state index in [1.807, 2.05) is 25.1 Å². The van der Waals surface area contributed by atoms with Crippen molar-refractivity contribution in [2.45, 2.75) is 38.8 Å². The maximum absolute atomic E-state index is 4.71. The second-order valence-corrected chi connectivity index (χ2v) is 6.48. The van der Waals surface area contributed by atoms with Crippen LogP contribution in [-0.2, 0) is 13.1 Å². The number of aryl methyl sites for hydroxylation is 2. The third-order valence-corrected chi connectivity index (χ3v) is 4.40. The quantitative estimate of drug-likeness (QED) is 0.286. The number of nitrogens with zero attached hydrogens (tertiary/aromatic N) is 2. The first-order valence-corrected chi connectivity index (χ1v) is 9.43. The number of thioether (sulfide) groups is 1. The lowest BCUT2D eigenvalue weighted by atomic mass is 10.1. The summed E-state index contributed by atoms with van der Waals surface area (Å²) in [6.45, 7) is 8.35. The maximum atomic E-state index is 4.71. The van der Waals surface area contributed by atoms with Crippen LogP contribution in [0.1, 0.15) is 29.4 Å². The Hall–Kier alpha value is -1.28. The van der Waals surface area contributed by atoms with Crippen LogP contribution in [0.5, 0.6) is 0 Å². The number of aromatic nitrogens is 1. The molecule has 136 valence electrons. The summed E-state index contributed by atoms with van der Waals surface area (Å²) in [5, 5.41) is 6.64. The van der Waals surface area contributed by atoms with Gasteiger partial charge in [-0.2, -0.15) is 0 Å². The fraction of sp³-hybridized carbons (Fsp3) is 0.368. The van der Waals surface area contributed by atoms with E-state index in [1.54, 1.807) is 11.8 Å². The molecule has 1 heterocycles. The van der Waals surface area contributed by atoms with E-state index in [9.17, 15) is 0 Å². The molecule has 2 rings (SSSR count). The zero-order valence-electron chi connectivity index (χ0n) is 15.3. The topological polar surface area (TPSA) is 49.3 Å². The number of hydrogen-bond donors (Lipinski definition) is 2. The monoisotopic (exact) mass is 470 g/mol. The minimum atomic E-state index is 0. The second-order valence-electron chi connectivity index (χ2n) is 5.63. The molecule has 0 bridgehead atoms. The van der Waals surface area contributed by atoms with Crippen molar-refractivity contribution in [1.82, 2.24) is 15.6 Å². The number of benzene rings is 1. The van der Waals surface area contributed by atoms with Crippen LogP contribution in [0.4, 0.5) is 0 Å². The molecule has 0 fully saturated rings. The third kappa shape index (κ3) is 7.23. The van der Waals surface area contributed by atoms with Crippen LogP contribution < -0.4 is 10.6 Å². The van der Waals surface area contributed by atoms with Gasteiger partial charge >= 0.3 is 0 Å². The van der Waals surface area contributed by atoms with Crippen LogP contribution >= 0.6 is 35.7 Å². The van der Waals surface area contributed by atoms with E-state index in [1.165, 1.54) is 16.0 Å². The van der Waals surface area contributed by atoms with Crippen molar-refractivity contribution in [3.05, 3.63) is 58.9 Å². The fourth-order valence-corrected chi connectivity index (χ4v) is 3.06. The van der Waals surface area contributed by atoms with Gasteiger partial charge in [-0.3, -0.25) is 4.98 Å². The van der Waals surface area contributed by atoms with Crippen molar-refractivity contribution < 1.29 is 0 Å². The SMILES string of the molecule is CCNC(=NCc1ccc(C)cc1SC)NCc1cccc(C)n1.I. The van der Waals surface area contributed by atoms with Gasteiger partial charge in [0.1, 0.15) is 0 Å². The molecule has 2 aromatic rings. The Kier molecular flexibility index (Phi) is 9.89. The third-order valence-electron chi connectivity index (χ3n) is 3.58. The van der Waals surface area contributed by atoms with Crippen LogP contribution in [0.2, 0.25) is 0 Å². The first kappa shape index (κ1) is 21.8. The molecule has 6 heteroatoms. The molecule has 0 aliphatic rings. The van der Waals surface area contributed by atoms with Gasteiger partial charge in [-0.1, -0.05) is 18.2 Å². The lowest BCUT2D eigenvalue weighted by Gasteiger charge is -2.12. The van der Waals surface area contributed by atoms with E-state index >= 15 is 0 Å². The number of nitrogens with one attached hydrogen (secondary N) is 2. The number of rotatable bonds is 6. The van der Waals surface area contributed by atoms with E-state index in [-0.39, 0.29) is 24.0 Å². The van der Waals surface area contributed by atoms with E-state index < -0.39 is 0 Å². The zero-order chi connectivity index (χ0) is 17.4. The second kappa shape index (κ2) is 11.4. The minimum Gasteiger partial charge on any atom is -0.357 e. The summed E-state index contributed by atoms with van der Waals surface area (Å²) in [6, 6.07) is 12.6. The number of halogens is 1. The molecule has 4 nitrogen and oxygen atoms in total. The Balaban J connectivity index is 0.00000312. The zero-order valence-corrected chi connectivity index (χ0v) is 18.4. The highest BCUT2D eigenvalue weighted by Gasteiger charge is 2.03. The van der Waals surface area contributed by atoms with Gasteiger partial charge in [0.2, 0.25) is 0 Å². The summed E-state index contributed by atoms with van der Waals surface area (Å²) >= 11 is 1.77. The molecule has 0 unspecified atom stereocenters. The first-order valence-electron chi connectivity index (χ1n) is 8.20. The number of guanidine groups is 1. The smallest absolute Gasteiger partial charge is 0.191 e. The summed E-state index contributed by atoms with van der Waals surface area (Å²) in [4.78, 5) is 10.5. The highest BCUT2D eigenvalue weighted by molar-refractivity contribution is 14.0. The molecule has 0 aliphatic carbocycles. The molecule has 0 amide bonds. The predicted octanol–water partition coefficient (Wildman–Crippen LogP) is 4.29. The molecular formula is C19H27IN4S. The van der Waals surface area contributed by atoms with Crippen molar-refractivity contribution in [2.75, 3.05) is 12.8 Å². The molecule has 0 saturated carbocycles. The Labute approximate surface area is 172 Å². The normalized spacial score (nSPS) is 11.0. The molecule has 25 heavy (non-hydrogen) atoms. The van der Waals surface area contributed by atoms with Gasteiger partial charge in [-0.25, -0.2) is 4.99 Å². The molecule has 2 N–H and O–H groups in total. The summed E-state index contributed by atoms with van der Waals surface area (Å²) in [7, 11) is 0. The van der Waals surface area contributed by atoms with E-state index in [2.05, 4.69) is 53.9 Å². The average Bonchev–Trinajstić information content (AvgIpc) is 2.58. The van der Waals surface area contributed by atoms with Gasteiger partial charge in [0.15, 0.2) is 5.96 Å². The van der Waals surface area contributed by atoms with Gasteiger partial charge in [0.25, 0.3) is 0 Å². The molecule has 0 atom stereocenters. The number of pyridine rings is 1. The summed E-state index contributed by atoms with van der Waals surface area (Å²) < 4.78 is 0. The van der Waals surface area contributed by atoms with Crippen LogP contribution in [0, 0.1) is 13.8 Å². The van der Waals surface area contributed by atoms with Crippen molar-refractivity contribution in [3.8, 4) is 0 Å². The lowest BCUT2D eigenvalue weighted by molar-refractivity contribution is 0.795. The van der Waals surface area contributed by atoms with Crippen molar-refractivity contribution in [1.29, 1.82) is 0 Å². The molecule has 0 aliphatic heterocycles. The maximum Gasteiger partial charge on any atom is 0.191 e. The highest BCUT2D eigenvalue weighted by Crippen LogP contribution is 2.22. The van der Waals surface area contributed by atoms with E-state index in [0.717, 1.165) is 23.9 Å². The van der Waals surface area contributed by atoms with Gasteiger partial charge < -0.3 is 10.6 Å². The van der Waals surface area contributed by atoms with Crippen LogP contribution in [0.15, 0.2) is 46.3 Å². The lowest BCUT2D eigenvalue weighted by Crippen LogP contribution is -2.37. The Morgan fingerprint density at radius 3 is 2.64 bits per heavy atom. The molecule has 1 aromatic heterocycles. The summed E-state index contributed by atoms with van der Waals surface area (Å²) in [6.07, 6.45) is 2.11. The van der Waals surface area contributed by atoms with Crippen LogP contribution in [0.25, 0.3) is 0 Å². The summed E-state index contributed by atoms with van der Waals surface area (Å²) in [5.74, 6) is 0.813. The molecule has 0 saturated heterocycles. The Morgan fingerprint density at radius 2 is 1.96 bits per heavy atom. The number of aliphatic imine (C=N–C) groups is 1. The first-order chi connectivity index (χ1) is 11.6. The Morgan fingerprint density at radius 1 is 1.16 bits per heavy atom. The standard InChI is InChI=1S/C19H26N4S.HI/c1-5-20-19(22-13-17-8-6-7-15(3)23-17)21-12-16-10-9-14(2)11-18(16)24-4;/h6-11H,5,12-13H2,1-4H3,(H2,20,21,22);1H. The molecule has 0 radical (unpaired) electrons. The van der Waals surface area contributed by atoms with E-state index in [4.69, 9.17) is 4.99 Å². The molecule has 1 aromatic carbocycles. The van der Waals surface area contributed by atoms with Crippen molar-refractivity contribution in [3.63, 3.8) is 0 Å². The predicted molar refractivity (Wildman–Crippen MR) is 119 cm³/mol. The van der Waals surface area contributed by atoms with E-state index in [0.29, 0.717) is 13.1 Å². The van der Waals surface area contributed by atoms with Gasteiger partial charge in [0, 0.05) is 17.1 Å². The van der Waals surface area contributed by atoms with Crippen LogP contribution in [-0.4, -0.2) is 23.7 Å². The van der Waals surface area contributed by atoms with Gasteiger partial charge in [-0.05, 0) is 56.4 Å².